The highest BCUT2D eigenvalue weighted by atomic mass is 79.9. The average molecular weight is 316 g/mol. The molecule has 0 unspecified atom stereocenters. The van der Waals surface area contributed by atoms with Crippen LogP contribution >= 0.6 is 15.9 Å². The van der Waals surface area contributed by atoms with Crippen molar-refractivity contribution in [2.45, 2.75) is 6.54 Å². The van der Waals surface area contributed by atoms with Gasteiger partial charge in [0.05, 0.1) is 22.3 Å². The molecule has 8 heteroatoms. The molecule has 0 saturated heterocycles. The van der Waals surface area contributed by atoms with E-state index in [0.717, 1.165) is 6.39 Å². The van der Waals surface area contributed by atoms with Gasteiger partial charge in [-0.1, -0.05) is 5.16 Å². The zero-order valence-electron chi connectivity index (χ0n) is 8.85. The number of rotatable bonds is 4. The maximum atomic E-state index is 13.8. The molecule has 6 nitrogen and oxygen atoms in total. The van der Waals surface area contributed by atoms with E-state index < -0.39 is 11.8 Å². The summed E-state index contributed by atoms with van der Waals surface area (Å²) in [6, 6.07) is 2.64. The van der Waals surface area contributed by atoms with Crippen LogP contribution in [0.15, 0.2) is 27.5 Å². The molecule has 2 N–H and O–H groups in total. The number of aromatic nitrogens is 2. The Labute approximate surface area is 109 Å². The van der Waals surface area contributed by atoms with Crippen molar-refractivity contribution in [2.75, 3.05) is 5.32 Å². The van der Waals surface area contributed by atoms with Crippen LogP contribution in [0.4, 0.5) is 10.1 Å². The molecule has 0 amide bonds. The van der Waals surface area contributed by atoms with Gasteiger partial charge in [-0.3, -0.25) is 0 Å². The van der Waals surface area contributed by atoms with Gasteiger partial charge >= 0.3 is 5.97 Å². The van der Waals surface area contributed by atoms with Crippen LogP contribution < -0.4 is 5.32 Å². The van der Waals surface area contributed by atoms with Crippen LogP contribution in [0, 0.1) is 5.82 Å². The van der Waals surface area contributed by atoms with E-state index >= 15 is 0 Å². The number of aromatic carboxylic acids is 1. The fraction of sp³-hybridized carbons (Fsp3) is 0.100. The molecule has 0 fully saturated rings. The Morgan fingerprint density at radius 2 is 2.33 bits per heavy atom. The first-order valence-electron chi connectivity index (χ1n) is 4.80. The van der Waals surface area contributed by atoms with Gasteiger partial charge in [0.2, 0.25) is 6.39 Å². The highest BCUT2D eigenvalue weighted by Gasteiger charge is 2.15. The van der Waals surface area contributed by atoms with Crippen molar-refractivity contribution >= 4 is 27.6 Å². The normalized spacial score (nSPS) is 10.3. The van der Waals surface area contributed by atoms with Gasteiger partial charge in [0.1, 0.15) is 0 Å². The summed E-state index contributed by atoms with van der Waals surface area (Å²) in [5, 5.41) is 15.1. The average Bonchev–Trinajstić information content (AvgIpc) is 2.83. The van der Waals surface area contributed by atoms with Crippen molar-refractivity contribution in [3.8, 4) is 0 Å². The minimum absolute atomic E-state index is 0.104. The number of nitrogens with zero attached hydrogens (tertiary/aromatic N) is 2. The van der Waals surface area contributed by atoms with Crippen LogP contribution in [0.2, 0.25) is 0 Å². The first kappa shape index (κ1) is 12.5. The molecule has 0 radical (unpaired) electrons. The quantitative estimate of drug-likeness (QED) is 0.900. The molecule has 94 valence electrons. The molecule has 18 heavy (non-hydrogen) atoms. The van der Waals surface area contributed by atoms with E-state index in [4.69, 9.17) is 5.11 Å². The lowest BCUT2D eigenvalue weighted by molar-refractivity contribution is 0.0695. The molecule has 1 aromatic carbocycles. The van der Waals surface area contributed by atoms with E-state index in [9.17, 15) is 9.18 Å². The maximum Gasteiger partial charge on any atom is 0.336 e. The second kappa shape index (κ2) is 5.13. The molecule has 2 rings (SSSR count). The molecule has 1 aromatic heterocycles. The van der Waals surface area contributed by atoms with Crippen molar-refractivity contribution < 1.29 is 18.8 Å². The first-order chi connectivity index (χ1) is 8.59. The number of nitrogens with one attached hydrogen (secondary N) is 1. The summed E-state index contributed by atoms with van der Waals surface area (Å²) in [7, 11) is 0. The van der Waals surface area contributed by atoms with Gasteiger partial charge in [-0.15, -0.1) is 0 Å². The van der Waals surface area contributed by atoms with E-state index in [1.165, 1.54) is 12.1 Å². The summed E-state index contributed by atoms with van der Waals surface area (Å²) in [4.78, 5) is 14.5. The number of carbonyl (C=O) groups is 1. The van der Waals surface area contributed by atoms with E-state index in [0.29, 0.717) is 5.82 Å². The highest BCUT2D eigenvalue weighted by Crippen LogP contribution is 2.27. The summed E-state index contributed by atoms with van der Waals surface area (Å²) in [6.07, 6.45) is 1.16. The van der Waals surface area contributed by atoms with Gasteiger partial charge in [-0.2, -0.15) is 4.98 Å². The molecule has 0 bridgehead atoms. The number of carboxylic acids is 1. The van der Waals surface area contributed by atoms with Crippen molar-refractivity contribution in [3.63, 3.8) is 0 Å². The molecule has 0 aliphatic heterocycles. The monoisotopic (exact) mass is 315 g/mol. The molecule has 0 spiro atoms. The number of halogens is 2. The Kier molecular flexibility index (Phi) is 3.56. The topological polar surface area (TPSA) is 88.2 Å². The molecule has 0 aliphatic rings. The van der Waals surface area contributed by atoms with E-state index in [1.807, 2.05) is 0 Å². The Hall–Kier alpha value is -1.96. The molecule has 0 aliphatic carbocycles. The fourth-order valence-electron chi connectivity index (χ4n) is 1.30. The van der Waals surface area contributed by atoms with Crippen molar-refractivity contribution in [3.05, 3.63) is 40.2 Å². The Balaban J connectivity index is 2.19. The Bertz CT molecular complexity index is 574. The molecule has 0 saturated carbocycles. The third kappa shape index (κ3) is 2.48. The lowest BCUT2D eigenvalue weighted by Crippen LogP contribution is -2.06. The van der Waals surface area contributed by atoms with Crippen molar-refractivity contribution in [1.29, 1.82) is 0 Å². The van der Waals surface area contributed by atoms with Gasteiger partial charge < -0.3 is 14.9 Å². The molecular formula is C10H7BrFN3O3. The third-order valence-corrected chi connectivity index (χ3v) is 2.93. The van der Waals surface area contributed by atoms with Crippen LogP contribution in [0.3, 0.4) is 0 Å². The summed E-state index contributed by atoms with van der Waals surface area (Å²) >= 11 is 2.90. The Morgan fingerprint density at radius 1 is 1.56 bits per heavy atom. The number of benzene rings is 1. The van der Waals surface area contributed by atoms with Crippen LogP contribution in [-0.4, -0.2) is 21.2 Å². The standard InChI is InChI=1S/C10H7BrFN3O3/c11-8-5(10(16)17)1-2-6(9(8)12)13-3-7-14-4-18-15-7/h1-2,4,13H,3H2,(H,16,17). The van der Waals surface area contributed by atoms with Crippen molar-refractivity contribution in [1.82, 2.24) is 10.1 Å². The van der Waals surface area contributed by atoms with Gasteiger partial charge in [0.15, 0.2) is 11.6 Å². The van der Waals surface area contributed by atoms with Crippen LogP contribution in [-0.2, 0) is 6.54 Å². The van der Waals surface area contributed by atoms with Gasteiger partial charge in [0.25, 0.3) is 0 Å². The Morgan fingerprint density at radius 3 is 2.94 bits per heavy atom. The highest BCUT2D eigenvalue weighted by molar-refractivity contribution is 9.10. The largest absolute Gasteiger partial charge is 0.478 e. The van der Waals surface area contributed by atoms with E-state index in [2.05, 4.69) is 35.9 Å². The molecule has 2 aromatic rings. The summed E-state index contributed by atoms with van der Waals surface area (Å²) in [6.45, 7) is 0.173. The maximum absolute atomic E-state index is 13.8. The SMILES string of the molecule is O=C(O)c1ccc(NCc2ncon2)c(F)c1Br. The summed E-state index contributed by atoms with van der Waals surface area (Å²) in [5.74, 6) is -1.52. The number of anilines is 1. The number of hydrogen-bond acceptors (Lipinski definition) is 5. The zero-order valence-corrected chi connectivity index (χ0v) is 10.4. The van der Waals surface area contributed by atoms with Crippen molar-refractivity contribution in [2.24, 2.45) is 0 Å². The summed E-state index contributed by atoms with van der Waals surface area (Å²) < 4.78 is 18.2. The second-order valence-electron chi connectivity index (χ2n) is 3.29. The predicted octanol–water partition coefficient (Wildman–Crippen LogP) is 2.28. The van der Waals surface area contributed by atoms with Gasteiger partial charge in [0, 0.05) is 0 Å². The lowest BCUT2D eigenvalue weighted by atomic mass is 10.2. The molecular weight excluding hydrogens is 309 g/mol. The predicted molar refractivity (Wildman–Crippen MR) is 62.7 cm³/mol. The smallest absolute Gasteiger partial charge is 0.336 e. The minimum Gasteiger partial charge on any atom is -0.478 e. The van der Waals surface area contributed by atoms with Gasteiger partial charge in [-0.05, 0) is 28.1 Å². The van der Waals surface area contributed by atoms with E-state index in [1.54, 1.807) is 0 Å². The van der Waals surface area contributed by atoms with Crippen LogP contribution in [0.25, 0.3) is 0 Å². The second-order valence-corrected chi connectivity index (χ2v) is 4.09. The minimum atomic E-state index is -1.20. The van der Waals surface area contributed by atoms with E-state index in [-0.39, 0.29) is 22.3 Å². The third-order valence-electron chi connectivity index (χ3n) is 2.16. The molecule has 1 heterocycles. The fourth-order valence-corrected chi connectivity index (χ4v) is 1.81. The molecule has 0 atom stereocenters. The zero-order chi connectivity index (χ0) is 13.1. The summed E-state index contributed by atoms with van der Waals surface area (Å²) in [5.41, 5.74) is 0.00860. The van der Waals surface area contributed by atoms with Crippen LogP contribution in [0.1, 0.15) is 16.2 Å². The van der Waals surface area contributed by atoms with Crippen LogP contribution in [0.5, 0.6) is 0 Å². The number of hydrogen-bond donors (Lipinski definition) is 2. The lowest BCUT2D eigenvalue weighted by Gasteiger charge is -2.08. The van der Waals surface area contributed by atoms with Gasteiger partial charge in [-0.25, -0.2) is 9.18 Å². The first-order valence-corrected chi connectivity index (χ1v) is 5.59. The number of carboxylic acid groups (broad SMARTS) is 1.